The molecule has 0 N–H and O–H groups in total. The molecule has 2 aliphatic heterocycles. The van der Waals surface area contributed by atoms with Crippen LogP contribution < -0.4 is 9.64 Å². The van der Waals surface area contributed by atoms with Crippen LogP contribution in [0.5, 0.6) is 5.88 Å². The van der Waals surface area contributed by atoms with Gasteiger partial charge >= 0.3 is 0 Å². The molecule has 7 nitrogen and oxygen atoms in total. The van der Waals surface area contributed by atoms with Crippen molar-refractivity contribution in [1.29, 1.82) is 0 Å². The Labute approximate surface area is 176 Å². The van der Waals surface area contributed by atoms with E-state index in [1.165, 1.54) is 0 Å². The molecule has 1 saturated carbocycles. The highest BCUT2D eigenvalue weighted by atomic mass is 16.5. The van der Waals surface area contributed by atoms with Crippen molar-refractivity contribution in [3.05, 3.63) is 43.1 Å². The number of fused-ring (bicyclic) bond motifs is 3. The van der Waals surface area contributed by atoms with Gasteiger partial charge in [-0.1, -0.05) is 0 Å². The lowest BCUT2D eigenvalue weighted by Gasteiger charge is -2.33. The van der Waals surface area contributed by atoms with Gasteiger partial charge in [-0.2, -0.15) is 4.98 Å². The zero-order chi connectivity index (χ0) is 19.9. The molecular weight excluding hydrogens is 378 g/mol. The smallest absolute Gasteiger partial charge is 0.225 e. The number of hydrogen-bond acceptors (Lipinski definition) is 6. The predicted molar refractivity (Wildman–Crippen MR) is 114 cm³/mol. The van der Waals surface area contributed by atoms with Crippen LogP contribution in [-0.2, 0) is 4.74 Å². The summed E-state index contributed by atoms with van der Waals surface area (Å²) < 4.78 is 14.7. The van der Waals surface area contributed by atoms with Crippen LogP contribution in [0.3, 0.4) is 0 Å². The fourth-order valence-corrected chi connectivity index (χ4v) is 5.19. The van der Waals surface area contributed by atoms with E-state index in [1.54, 1.807) is 0 Å². The van der Waals surface area contributed by atoms with E-state index in [0.717, 1.165) is 74.2 Å². The molecular formula is C23H27N5O2. The van der Waals surface area contributed by atoms with Gasteiger partial charge in [0.05, 0.1) is 29.4 Å². The van der Waals surface area contributed by atoms with E-state index in [-0.39, 0.29) is 6.10 Å². The van der Waals surface area contributed by atoms with Crippen LogP contribution in [0.4, 0.5) is 5.82 Å². The molecule has 1 aliphatic carbocycles. The maximum absolute atomic E-state index is 6.50. The van der Waals surface area contributed by atoms with Crippen LogP contribution in [0, 0.1) is 0 Å². The van der Waals surface area contributed by atoms with Crippen LogP contribution in [0.15, 0.2) is 43.1 Å². The summed E-state index contributed by atoms with van der Waals surface area (Å²) in [7, 11) is 0. The molecule has 3 aliphatic rings. The summed E-state index contributed by atoms with van der Waals surface area (Å²) in [6, 6.07) is 6.65. The van der Waals surface area contributed by atoms with Crippen molar-refractivity contribution in [3.8, 4) is 5.88 Å². The number of pyridine rings is 2. The van der Waals surface area contributed by atoms with Gasteiger partial charge in [0, 0.05) is 43.8 Å². The molecule has 6 rings (SSSR count). The predicted octanol–water partition coefficient (Wildman–Crippen LogP) is 3.76. The summed E-state index contributed by atoms with van der Waals surface area (Å²) in [4.78, 5) is 16.1. The summed E-state index contributed by atoms with van der Waals surface area (Å²) in [5.41, 5.74) is 0.948. The molecule has 2 saturated heterocycles. The van der Waals surface area contributed by atoms with Crippen LogP contribution in [0.25, 0.3) is 10.9 Å². The number of rotatable bonds is 4. The van der Waals surface area contributed by atoms with E-state index in [4.69, 9.17) is 14.5 Å². The highest BCUT2D eigenvalue weighted by Crippen LogP contribution is 2.35. The average molecular weight is 406 g/mol. The minimum absolute atomic E-state index is 0.191. The Hall–Kier alpha value is -2.67. The highest BCUT2D eigenvalue weighted by molar-refractivity contribution is 5.85. The normalized spacial score (nSPS) is 28.7. The number of anilines is 1. The number of morpholine rings is 1. The van der Waals surface area contributed by atoms with Crippen molar-refractivity contribution in [2.24, 2.45) is 0 Å². The Morgan fingerprint density at radius 2 is 1.83 bits per heavy atom. The second-order valence-electron chi connectivity index (χ2n) is 8.78. The van der Waals surface area contributed by atoms with Crippen molar-refractivity contribution < 1.29 is 9.47 Å². The van der Waals surface area contributed by atoms with Gasteiger partial charge in [0.2, 0.25) is 5.88 Å². The van der Waals surface area contributed by atoms with E-state index in [9.17, 15) is 0 Å². The lowest BCUT2D eigenvalue weighted by molar-refractivity contribution is 0.0301. The first kappa shape index (κ1) is 18.1. The largest absolute Gasteiger partial charge is 0.474 e. The molecule has 3 aromatic rings. The molecule has 2 bridgehead atoms. The van der Waals surface area contributed by atoms with Gasteiger partial charge in [-0.25, -0.2) is 4.98 Å². The number of ether oxygens (including phenoxy) is 2. The van der Waals surface area contributed by atoms with Crippen LogP contribution >= 0.6 is 0 Å². The van der Waals surface area contributed by atoms with E-state index in [1.807, 2.05) is 24.8 Å². The first-order valence-corrected chi connectivity index (χ1v) is 11.1. The zero-order valence-corrected chi connectivity index (χ0v) is 17.1. The zero-order valence-electron chi connectivity index (χ0n) is 17.1. The molecule has 0 amide bonds. The number of hydrogen-bond donors (Lipinski definition) is 0. The first-order chi connectivity index (χ1) is 14.8. The van der Waals surface area contributed by atoms with Crippen LogP contribution in [-0.4, -0.2) is 50.9 Å². The molecule has 156 valence electrons. The molecule has 2 atom stereocenters. The topological polar surface area (TPSA) is 65.3 Å². The third-order valence-corrected chi connectivity index (χ3v) is 6.79. The van der Waals surface area contributed by atoms with Crippen molar-refractivity contribution in [2.75, 3.05) is 18.0 Å². The highest BCUT2D eigenvalue weighted by Gasteiger charge is 2.34. The summed E-state index contributed by atoms with van der Waals surface area (Å²) in [5.74, 6) is 1.68. The molecule has 7 heteroatoms. The second-order valence-corrected chi connectivity index (χ2v) is 8.78. The van der Waals surface area contributed by atoms with E-state index >= 15 is 0 Å². The van der Waals surface area contributed by atoms with E-state index in [2.05, 4.69) is 37.8 Å². The fraction of sp³-hybridized carbons (Fsp3) is 0.522. The lowest BCUT2D eigenvalue weighted by atomic mass is 9.93. The molecule has 2 unspecified atom stereocenters. The third kappa shape index (κ3) is 3.41. The van der Waals surface area contributed by atoms with Gasteiger partial charge < -0.3 is 18.9 Å². The molecule has 3 aromatic heterocycles. The average Bonchev–Trinajstić information content (AvgIpc) is 3.44. The lowest BCUT2D eigenvalue weighted by Crippen LogP contribution is -2.43. The minimum Gasteiger partial charge on any atom is -0.474 e. The number of nitrogens with zero attached hydrogens (tertiary/aromatic N) is 5. The maximum atomic E-state index is 6.50. The Morgan fingerprint density at radius 1 is 1.00 bits per heavy atom. The quantitative estimate of drug-likeness (QED) is 0.659. The molecule has 0 spiro atoms. The standard InChI is InChI=1S/C23H27N5O2/c1-2-20-21(25-9-1)12-22(28-13-18-7-8-19(14-28)29-18)26-23(20)30-17-5-3-16(4-6-17)27-11-10-24-15-27/h1-2,9-12,15-19H,3-8,13-14H2. The van der Waals surface area contributed by atoms with Gasteiger partial charge in [-0.15, -0.1) is 0 Å². The van der Waals surface area contributed by atoms with Gasteiger partial charge in [-0.05, 0) is 50.7 Å². The number of aromatic nitrogens is 4. The fourth-order valence-electron chi connectivity index (χ4n) is 5.19. The molecule has 0 radical (unpaired) electrons. The Bertz CT molecular complexity index is 1000. The SMILES string of the molecule is c1cnc2cc(N3CC4CCC(C3)O4)nc(OC3CCC(n4ccnc4)CC3)c2c1. The maximum Gasteiger partial charge on any atom is 0.225 e. The summed E-state index contributed by atoms with van der Waals surface area (Å²) in [5, 5.41) is 0.995. The summed E-state index contributed by atoms with van der Waals surface area (Å²) in [6.45, 7) is 1.80. The molecule has 3 fully saturated rings. The third-order valence-electron chi connectivity index (χ3n) is 6.79. The first-order valence-electron chi connectivity index (χ1n) is 11.1. The monoisotopic (exact) mass is 405 g/mol. The van der Waals surface area contributed by atoms with Gasteiger partial charge in [-0.3, -0.25) is 4.98 Å². The van der Waals surface area contributed by atoms with Crippen molar-refractivity contribution >= 4 is 16.7 Å². The number of imidazole rings is 1. The Balaban J connectivity index is 1.24. The van der Waals surface area contributed by atoms with Crippen LogP contribution in [0.1, 0.15) is 44.6 Å². The van der Waals surface area contributed by atoms with Gasteiger partial charge in [0.25, 0.3) is 0 Å². The van der Waals surface area contributed by atoms with Gasteiger partial charge in [0.1, 0.15) is 11.9 Å². The van der Waals surface area contributed by atoms with Crippen molar-refractivity contribution in [2.45, 2.75) is 62.9 Å². The Kier molecular flexibility index (Phi) is 4.56. The second kappa shape index (κ2) is 7.54. The Morgan fingerprint density at radius 3 is 2.60 bits per heavy atom. The summed E-state index contributed by atoms with van der Waals surface area (Å²) in [6.07, 6.45) is 15.1. The van der Waals surface area contributed by atoms with Crippen molar-refractivity contribution in [3.63, 3.8) is 0 Å². The van der Waals surface area contributed by atoms with Crippen LogP contribution in [0.2, 0.25) is 0 Å². The molecule has 0 aromatic carbocycles. The van der Waals surface area contributed by atoms with E-state index < -0.39 is 0 Å². The summed E-state index contributed by atoms with van der Waals surface area (Å²) >= 11 is 0. The molecule has 5 heterocycles. The van der Waals surface area contributed by atoms with Crippen molar-refractivity contribution in [1.82, 2.24) is 19.5 Å². The van der Waals surface area contributed by atoms with Gasteiger partial charge in [0.15, 0.2) is 0 Å². The van der Waals surface area contributed by atoms with E-state index in [0.29, 0.717) is 18.2 Å². The molecule has 30 heavy (non-hydrogen) atoms. The minimum atomic E-state index is 0.191.